The number of benzodiazepines with no additional fused rings is 2. The molecule has 13 nitrogen and oxygen atoms in total. The summed E-state index contributed by atoms with van der Waals surface area (Å²) >= 11 is 0. The number of anilines is 4. The van der Waals surface area contributed by atoms with Crippen LogP contribution in [0.4, 0.5) is 36.7 Å². The summed E-state index contributed by atoms with van der Waals surface area (Å²) in [6, 6.07) is 44.9. The Balaban J connectivity index is 0.000000179. The zero-order valence-corrected chi connectivity index (χ0v) is 31.5. The number of hydrogen-bond acceptors (Lipinski definition) is 7. The van der Waals surface area contributed by atoms with Crippen LogP contribution in [0.1, 0.15) is 22.3 Å². The average molecular weight is 789 g/mol. The van der Waals surface area contributed by atoms with Gasteiger partial charge in [-0.05, 0) is 42.5 Å². The van der Waals surface area contributed by atoms with Crippen LogP contribution in [0, 0.1) is 5.82 Å². The zero-order valence-electron chi connectivity index (χ0n) is 31.5. The van der Waals surface area contributed by atoms with Gasteiger partial charge in [-0.25, -0.2) is 24.0 Å². The SMILES string of the molecule is COc1cccc(NC(=O)NC2N=C(c3ccccc3)c3ccccc3NC2=O)c1.O=C(Nc1cccc(F)c1)NC1N=C(c2ccccc2)c2ccccc2NC1=O. The second-order valence-electron chi connectivity index (χ2n) is 13.0. The van der Waals surface area contributed by atoms with Crippen LogP contribution in [0.3, 0.4) is 0 Å². The van der Waals surface area contributed by atoms with Gasteiger partial charge < -0.3 is 36.6 Å². The normalized spacial score (nSPS) is 15.3. The van der Waals surface area contributed by atoms with Crippen molar-refractivity contribution in [3.8, 4) is 5.75 Å². The largest absolute Gasteiger partial charge is 0.497 e. The summed E-state index contributed by atoms with van der Waals surface area (Å²) in [6.07, 6.45) is -2.26. The Morgan fingerprint density at radius 3 is 1.47 bits per heavy atom. The van der Waals surface area contributed by atoms with Crippen LogP contribution in [0.15, 0.2) is 168 Å². The van der Waals surface area contributed by atoms with E-state index < -0.39 is 42.0 Å². The van der Waals surface area contributed by atoms with Crippen molar-refractivity contribution in [1.29, 1.82) is 0 Å². The summed E-state index contributed by atoms with van der Waals surface area (Å²) in [5, 5.41) is 16.0. The fourth-order valence-corrected chi connectivity index (χ4v) is 6.21. The molecule has 59 heavy (non-hydrogen) atoms. The minimum Gasteiger partial charge on any atom is -0.497 e. The number of para-hydroxylation sites is 2. The third-order valence-corrected chi connectivity index (χ3v) is 8.93. The molecule has 0 bridgehead atoms. The third-order valence-electron chi connectivity index (χ3n) is 8.93. The van der Waals surface area contributed by atoms with Crippen molar-refractivity contribution in [3.05, 3.63) is 186 Å². The van der Waals surface area contributed by atoms with Crippen molar-refractivity contribution in [2.45, 2.75) is 12.3 Å². The van der Waals surface area contributed by atoms with E-state index in [9.17, 15) is 23.6 Å². The van der Waals surface area contributed by atoms with E-state index in [1.54, 1.807) is 43.5 Å². The number of benzene rings is 6. The monoisotopic (exact) mass is 788 g/mol. The lowest BCUT2D eigenvalue weighted by Gasteiger charge is -2.14. The third kappa shape index (κ3) is 9.82. The maximum Gasteiger partial charge on any atom is 0.321 e. The Labute approximate surface area is 338 Å². The predicted molar refractivity (Wildman–Crippen MR) is 226 cm³/mol. The molecule has 6 amide bonds. The molecule has 6 N–H and O–H groups in total. The highest BCUT2D eigenvalue weighted by atomic mass is 19.1. The van der Waals surface area contributed by atoms with Crippen LogP contribution in [-0.4, -0.2) is 54.7 Å². The number of halogens is 1. The van der Waals surface area contributed by atoms with E-state index in [-0.39, 0.29) is 5.69 Å². The van der Waals surface area contributed by atoms with Crippen molar-refractivity contribution in [2.24, 2.45) is 9.98 Å². The first-order chi connectivity index (χ1) is 28.7. The number of fused-ring (bicyclic) bond motifs is 2. The molecule has 2 unspecified atom stereocenters. The summed E-state index contributed by atoms with van der Waals surface area (Å²) in [6.45, 7) is 0. The molecule has 8 rings (SSSR count). The van der Waals surface area contributed by atoms with E-state index >= 15 is 0 Å². The molecule has 0 fully saturated rings. The van der Waals surface area contributed by atoms with Crippen LogP contribution in [0.2, 0.25) is 0 Å². The molecule has 0 saturated carbocycles. The molecule has 0 radical (unpaired) electrons. The van der Waals surface area contributed by atoms with E-state index in [1.807, 2.05) is 103 Å². The molecule has 6 aromatic rings. The lowest BCUT2D eigenvalue weighted by atomic mass is 10.0. The van der Waals surface area contributed by atoms with Gasteiger partial charge in [0.05, 0.1) is 29.9 Å². The van der Waals surface area contributed by atoms with E-state index in [0.717, 1.165) is 22.3 Å². The molecule has 2 atom stereocenters. The van der Waals surface area contributed by atoms with E-state index in [1.165, 1.54) is 18.2 Å². The number of aliphatic imine (C=N–C) groups is 2. The summed E-state index contributed by atoms with van der Waals surface area (Å²) in [5.41, 5.74) is 6.46. The predicted octanol–water partition coefficient (Wildman–Crippen LogP) is 7.40. The van der Waals surface area contributed by atoms with E-state index in [4.69, 9.17) is 4.74 Å². The Hall–Kier alpha value is -8.13. The van der Waals surface area contributed by atoms with Gasteiger partial charge >= 0.3 is 12.1 Å². The number of ether oxygens (including phenoxy) is 1. The van der Waals surface area contributed by atoms with E-state index in [2.05, 4.69) is 41.9 Å². The molecule has 6 aromatic carbocycles. The Morgan fingerprint density at radius 1 is 0.559 bits per heavy atom. The second-order valence-corrected chi connectivity index (χ2v) is 13.0. The van der Waals surface area contributed by atoms with Gasteiger partial charge in [0, 0.05) is 39.7 Å². The fraction of sp³-hybridized carbons (Fsp3) is 0.0667. The van der Waals surface area contributed by atoms with Crippen molar-refractivity contribution in [2.75, 3.05) is 28.4 Å². The molecule has 14 heteroatoms. The zero-order chi connectivity index (χ0) is 41.1. The number of rotatable bonds is 7. The quantitative estimate of drug-likeness (QED) is 0.0988. The Bertz CT molecular complexity index is 2570. The van der Waals surface area contributed by atoms with Gasteiger partial charge in [0.15, 0.2) is 0 Å². The van der Waals surface area contributed by atoms with Gasteiger partial charge in [-0.3, -0.25) is 9.59 Å². The van der Waals surface area contributed by atoms with Gasteiger partial charge in [-0.15, -0.1) is 0 Å². The summed E-state index contributed by atoms with van der Waals surface area (Å²) in [5.74, 6) is -0.762. The highest BCUT2D eigenvalue weighted by Gasteiger charge is 2.28. The van der Waals surface area contributed by atoms with Crippen molar-refractivity contribution < 1.29 is 28.3 Å². The molecule has 294 valence electrons. The molecular formula is C45H37FN8O5. The topological polar surface area (TPSA) is 174 Å². The lowest BCUT2D eigenvalue weighted by Crippen LogP contribution is -2.44. The highest BCUT2D eigenvalue weighted by molar-refractivity contribution is 6.21. The molecule has 0 saturated heterocycles. The van der Waals surface area contributed by atoms with Crippen LogP contribution in [-0.2, 0) is 9.59 Å². The smallest absolute Gasteiger partial charge is 0.321 e. The molecule has 0 aromatic heterocycles. The molecule has 0 aliphatic carbocycles. The maximum absolute atomic E-state index is 13.3. The molecule has 2 aliphatic heterocycles. The van der Waals surface area contributed by atoms with Crippen LogP contribution in [0.25, 0.3) is 0 Å². The number of methoxy groups -OCH3 is 1. The van der Waals surface area contributed by atoms with Crippen LogP contribution < -0.4 is 36.6 Å². The lowest BCUT2D eigenvalue weighted by molar-refractivity contribution is -0.118. The number of hydrogen-bond donors (Lipinski definition) is 6. The first kappa shape index (κ1) is 39.1. The fourth-order valence-electron chi connectivity index (χ4n) is 6.21. The minimum absolute atomic E-state index is 0.270. The minimum atomic E-state index is -1.16. The van der Waals surface area contributed by atoms with Gasteiger partial charge in [-0.1, -0.05) is 109 Å². The van der Waals surface area contributed by atoms with Crippen molar-refractivity contribution in [1.82, 2.24) is 10.6 Å². The maximum atomic E-state index is 13.3. The Kier molecular flexibility index (Phi) is 12.1. The number of nitrogens with zero attached hydrogens (tertiary/aromatic N) is 2. The first-order valence-electron chi connectivity index (χ1n) is 18.4. The van der Waals surface area contributed by atoms with Gasteiger partial charge in [-0.2, -0.15) is 0 Å². The van der Waals surface area contributed by atoms with Gasteiger partial charge in [0.2, 0.25) is 12.3 Å². The number of amides is 6. The summed E-state index contributed by atoms with van der Waals surface area (Å²) < 4.78 is 18.5. The van der Waals surface area contributed by atoms with Gasteiger partial charge in [0.1, 0.15) is 11.6 Å². The number of urea groups is 2. The number of nitrogens with one attached hydrogen (secondary N) is 6. The second kappa shape index (κ2) is 18.2. The van der Waals surface area contributed by atoms with Crippen molar-refractivity contribution in [3.63, 3.8) is 0 Å². The average Bonchev–Trinajstić information content (AvgIpc) is 3.48. The molecular weight excluding hydrogens is 752 g/mol. The van der Waals surface area contributed by atoms with E-state index in [0.29, 0.717) is 34.2 Å². The molecule has 0 spiro atoms. The summed E-state index contributed by atoms with van der Waals surface area (Å²) in [7, 11) is 1.55. The molecule has 2 heterocycles. The van der Waals surface area contributed by atoms with Gasteiger partial charge in [0.25, 0.3) is 11.8 Å². The molecule has 2 aliphatic rings. The number of carbonyl (C=O) groups is 4. The van der Waals surface area contributed by atoms with Crippen LogP contribution >= 0.6 is 0 Å². The first-order valence-corrected chi connectivity index (χ1v) is 18.4. The highest BCUT2D eigenvalue weighted by Crippen LogP contribution is 2.25. The van der Waals surface area contributed by atoms with Crippen molar-refractivity contribution >= 4 is 58.0 Å². The number of carbonyl (C=O) groups excluding carboxylic acids is 4. The van der Waals surface area contributed by atoms with Crippen LogP contribution in [0.5, 0.6) is 5.75 Å². The summed E-state index contributed by atoms with van der Waals surface area (Å²) in [4.78, 5) is 59.5. The Morgan fingerprint density at radius 2 is 1.00 bits per heavy atom. The standard InChI is InChI=1S/C23H20N4O3.C22H17FN4O2/c1-30-17-11-7-10-16(14-17)24-23(29)27-21-22(28)25-19-13-6-5-12-18(19)20(26-21)15-8-3-2-4-9-15;23-15-9-6-10-16(13-15)24-22(29)27-20-21(28)25-18-12-5-4-11-17(18)19(26-20)14-7-2-1-3-8-14/h2-14,21H,1H3,(H,25,28)(H2,24,27,29);1-13,20H,(H,25,28)(H2,24,27,29).